The number of hydrogen-bond acceptors (Lipinski definition) is 5. The third kappa shape index (κ3) is 3.74. The summed E-state index contributed by atoms with van der Waals surface area (Å²) in [6.07, 6.45) is 4.10. The van der Waals surface area contributed by atoms with Crippen molar-refractivity contribution in [3.8, 4) is 0 Å². The topological polar surface area (TPSA) is 93.0 Å². The normalized spacial score (nSPS) is 20.1. The van der Waals surface area contributed by atoms with Crippen molar-refractivity contribution >= 4 is 34.8 Å². The number of aromatic nitrogens is 2. The first-order valence-electron chi connectivity index (χ1n) is 9.85. The number of hydrogen-bond donors (Lipinski definition) is 1. The van der Waals surface area contributed by atoms with Crippen LogP contribution in [0.4, 0.5) is 10.6 Å². The molecular weight excluding hydrogens is 390 g/mol. The molecule has 1 aliphatic carbocycles. The number of pyridine rings is 1. The van der Waals surface area contributed by atoms with Gasteiger partial charge in [-0.2, -0.15) is 0 Å². The summed E-state index contributed by atoms with van der Waals surface area (Å²) < 4.78 is 17.1. The molecule has 1 saturated heterocycles. The Morgan fingerprint density at radius 1 is 1.28 bits per heavy atom. The Morgan fingerprint density at radius 3 is 2.52 bits per heavy atom. The zero-order chi connectivity index (χ0) is 21.1. The van der Waals surface area contributed by atoms with Gasteiger partial charge in [0.1, 0.15) is 22.8 Å². The minimum Gasteiger partial charge on any atom is -0.598 e. The highest BCUT2D eigenvalue weighted by molar-refractivity contribution is 7.90. The smallest absolute Gasteiger partial charge is 0.332 e. The first-order chi connectivity index (χ1) is 13.6. The average Bonchev–Trinajstić information content (AvgIpc) is 3.36. The van der Waals surface area contributed by atoms with Gasteiger partial charge >= 0.3 is 6.03 Å². The van der Waals surface area contributed by atoms with E-state index in [1.54, 1.807) is 0 Å². The zero-order valence-electron chi connectivity index (χ0n) is 17.4. The van der Waals surface area contributed by atoms with E-state index in [-0.39, 0.29) is 29.3 Å². The average molecular weight is 418 g/mol. The number of likely N-dealkylation sites (N-methyl/N-ethyl adjacent to an activating group) is 1. The number of urea groups is 1. The quantitative estimate of drug-likeness (QED) is 0.596. The van der Waals surface area contributed by atoms with Gasteiger partial charge in [-0.15, -0.1) is 4.72 Å². The molecule has 2 fully saturated rings. The van der Waals surface area contributed by atoms with Crippen LogP contribution < -0.4 is 9.62 Å². The molecule has 2 aromatic heterocycles. The van der Waals surface area contributed by atoms with Gasteiger partial charge in [-0.1, -0.05) is 0 Å². The maximum absolute atomic E-state index is 12.6. The highest BCUT2D eigenvalue weighted by Gasteiger charge is 2.37. The van der Waals surface area contributed by atoms with Gasteiger partial charge in [0.05, 0.1) is 11.7 Å². The molecule has 1 saturated carbocycles. The van der Waals surface area contributed by atoms with Crippen molar-refractivity contribution in [2.75, 3.05) is 18.5 Å². The number of fused-ring (bicyclic) bond motifs is 1. The Bertz CT molecular complexity index is 978. The molecule has 2 aromatic rings. The van der Waals surface area contributed by atoms with Crippen molar-refractivity contribution in [2.24, 2.45) is 0 Å². The van der Waals surface area contributed by atoms with E-state index in [1.165, 1.54) is 11.9 Å². The third-order valence-corrected chi connectivity index (χ3v) is 7.06. The van der Waals surface area contributed by atoms with Gasteiger partial charge < -0.3 is 4.55 Å². The Labute approximate surface area is 173 Å². The molecular formula is C20H27N5O3S. The Balaban J connectivity index is 1.73. The lowest BCUT2D eigenvalue weighted by Gasteiger charge is -2.25. The Kier molecular flexibility index (Phi) is 4.87. The SMILES string of the molecule is CC(N[S+]([O-])C(C)(C)C)c1cn2c(N3CC(=O)N(C)C3=O)cc(C3CC3)cc2n1. The van der Waals surface area contributed by atoms with Crippen molar-refractivity contribution in [1.29, 1.82) is 0 Å². The summed E-state index contributed by atoms with van der Waals surface area (Å²) in [5.41, 5.74) is 2.60. The van der Waals surface area contributed by atoms with E-state index in [4.69, 9.17) is 4.98 Å². The number of imide groups is 1. The first kappa shape index (κ1) is 20.2. The highest BCUT2D eigenvalue weighted by Crippen LogP contribution is 2.42. The van der Waals surface area contributed by atoms with Crippen LogP contribution in [0.3, 0.4) is 0 Å². The van der Waals surface area contributed by atoms with E-state index >= 15 is 0 Å². The van der Waals surface area contributed by atoms with Crippen molar-refractivity contribution in [2.45, 2.75) is 57.2 Å². The highest BCUT2D eigenvalue weighted by atomic mass is 32.2. The van der Waals surface area contributed by atoms with Crippen LogP contribution in [0.5, 0.6) is 0 Å². The van der Waals surface area contributed by atoms with E-state index in [1.807, 2.05) is 50.4 Å². The Hall–Kier alpha value is -2.10. The number of anilines is 1. The van der Waals surface area contributed by atoms with Crippen LogP contribution in [0.2, 0.25) is 0 Å². The molecule has 29 heavy (non-hydrogen) atoms. The minimum atomic E-state index is -1.23. The summed E-state index contributed by atoms with van der Waals surface area (Å²) in [5.74, 6) is 0.903. The summed E-state index contributed by atoms with van der Waals surface area (Å²) in [6, 6.07) is 3.47. The summed E-state index contributed by atoms with van der Waals surface area (Å²) in [7, 11) is 1.50. The fourth-order valence-electron chi connectivity index (χ4n) is 3.35. The Morgan fingerprint density at radius 2 is 1.97 bits per heavy atom. The number of carbonyl (C=O) groups excluding carboxylic acids is 2. The van der Waals surface area contributed by atoms with Crippen LogP contribution in [0.25, 0.3) is 5.65 Å². The van der Waals surface area contributed by atoms with E-state index in [0.29, 0.717) is 11.7 Å². The summed E-state index contributed by atoms with van der Waals surface area (Å²) in [5, 5.41) is 0. The molecule has 2 aliphatic rings. The van der Waals surface area contributed by atoms with Gasteiger partial charge in [-0.25, -0.2) is 9.78 Å². The standard InChI is InChI=1S/C20H27N5O3S/c1-12(22-29(28)20(2,3)4)15-10-24-16(21-15)8-14(13-6-7-13)9-17(24)25-11-18(26)23(5)19(25)27/h8-10,12-13,22H,6-7,11H2,1-5H3. The van der Waals surface area contributed by atoms with Crippen LogP contribution in [-0.2, 0) is 16.2 Å². The van der Waals surface area contributed by atoms with E-state index in [2.05, 4.69) is 4.72 Å². The van der Waals surface area contributed by atoms with Crippen LogP contribution in [-0.4, -0.2) is 49.1 Å². The largest absolute Gasteiger partial charge is 0.598 e. The third-order valence-electron chi connectivity index (χ3n) is 5.38. The fraction of sp³-hybridized carbons (Fsp3) is 0.550. The molecule has 1 aliphatic heterocycles. The van der Waals surface area contributed by atoms with Crippen molar-refractivity contribution in [3.05, 3.63) is 29.6 Å². The molecule has 8 nitrogen and oxygen atoms in total. The number of amides is 3. The van der Waals surface area contributed by atoms with Gasteiger partial charge in [0.15, 0.2) is 0 Å². The molecule has 2 atom stereocenters. The van der Waals surface area contributed by atoms with Gasteiger partial charge in [0.2, 0.25) is 0 Å². The number of nitrogens with zero attached hydrogens (tertiary/aromatic N) is 4. The number of nitrogens with one attached hydrogen (secondary N) is 1. The maximum Gasteiger partial charge on any atom is 0.332 e. The van der Waals surface area contributed by atoms with Crippen LogP contribution in [0.15, 0.2) is 18.3 Å². The van der Waals surface area contributed by atoms with Crippen molar-refractivity contribution < 1.29 is 14.1 Å². The minimum absolute atomic E-state index is 0.0217. The molecule has 3 heterocycles. The molecule has 0 bridgehead atoms. The van der Waals surface area contributed by atoms with Crippen LogP contribution in [0, 0.1) is 0 Å². The molecule has 4 rings (SSSR count). The lowest BCUT2D eigenvalue weighted by atomic mass is 10.1. The molecule has 1 N–H and O–H groups in total. The number of imidazole rings is 1. The second-order valence-corrected chi connectivity index (χ2v) is 10.9. The lowest BCUT2D eigenvalue weighted by Crippen LogP contribution is -2.40. The molecule has 2 unspecified atom stereocenters. The molecule has 156 valence electrons. The van der Waals surface area contributed by atoms with Gasteiger partial charge in [0.25, 0.3) is 5.91 Å². The van der Waals surface area contributed by atoms with Crippen LogP contribution >= 0.6 is 0 Å². The summed E-state index contributed by atoms with van der Waals surface area (Å²) in [4.78, 5) is 32.0. The fourth-order valence-corrected chi connectivity index (χ4v) is 4.15. The second kappa shape index (κ2) is 7.00. The predicted molar refractivity (Wildman–Crippen MR) is 112 cm³/mol. The van der Waals surface area contributed by atoms with Crippen LogP contribution in [0.1, 0.15) is 63.8 Å². The van der Waals surface area contributed by atoms with Gasteiger partial charge in [-0.05, 0) is 64.2 Å². The molecule has 0 radical (unpaired) electrons. The van der Waals surface area contributed by atoms with Crippen molar-refractivity contribution in [3.63, 3.8) is 0 Å². The van der Waals surface area contributed by atoms with E-state index < -0.39 is 11.4 Å². The lowest BCUT2D eigenvalue weighted by molar-refractivity contribution is -0.123. The van der Waals surface area contributed by atoms with Gasteiger partial charge in [0, 0.05) is 24.6 Å². The summed E-state index contributed by atoms with van der Waals surface area (Å²) in [6.45, 7) is 7.69. The molecule has 9 heteroatoms. The monoisotopic (exact) mass is 417 g/mol. The second-order valence-electron chi connectivity index (χ2n) is 8.86. The number of carbonyl (C=O) groups is 2. The maximum atomic E-state index is 12.6. The summed E-state index contributed by atoms with van der Waals surface area (Å²) >= 11 is -1.23. The predicted octanol–water partition coefficient (Wildman–Crippen LogP) is 2.72. The first-order valence-corrected chi connectivity index (χ1v) is 11.0. The molecule has 3 amide bonds. The van der Waals surface area contributed by atoms with E-state index in [9.17, 15) is 14.1 Å². The van der Waals surface area contributed by atoms with E-state index in [0.717, 1.165) is 34.6 Å². The molecule has 0 spiro atoms. The van der Waals surface area contributed by atoms with Gasteiger partial charge in [-0.3, -0.25) is 19.0 Å². The molecule has 0 aromatic carbocycles. The zero-order valence-corrected chi connectivity index (χ0v) is 18.2. The number of rotatable bonds is 5. The van der Waals surface area contributed by atoms with Crippen molar-refractivity contribution in [1.82, 2.24) is 19.0 Å².